The Hall–Kier alpha value is -1.10. The summed E-state index contributed by atoms with van der Waals surface area (Å²) in [5.41, 5.74) is 3.09. The molecule has 2 heterocycles. The lowest BCUT2D eigenvalue weighted by molar-refractivity contribution is 0.445. The second-order valence-corrected chi connectivity index (χ2v) is 8.51. The molecule has 1 fully saturated rings. The van der Waals surface area contributed by atoms with Crippen LogP contribution in [0.25, 0.3) is 11.0 Å². The van der Waals surface area contributed by atoms with E-state index in [1.54, 1.807) is 0 Å². The van der Waals surface area contributed by atoms with E-state index >= 15 is 0 Å². The van der Waals surface area contributed by atoms with E-state index in [0.717, 1.165) is 33.2 Å². The fraction of sp³-hybridized carbons (Fsp3) is 0.235. The molecule has 0 atom stereocenters. The number of hydrogen-bond donors (Lipinski definition) is 0. The van der Waals surface area contributed by atoms with Gasteiger partial charge in [-0.15, -0.1) is 23.5 Å². The van der Waals surface area contributed by atoms with Crippen molar-refractivity contribution in [1.82, 2.24) is 5.16 Å². The molecule has 1 aliphatic rings. The third-order valence-electron chi connectivity index (χ3n) is 3.81. The third kappa shape index (κ3) is 2.34. The molecule has 1 aromatic heterocycles. The fourth-order valence-corrected chi connectivity index (χ4v) is 6.23. The number of thioether (sulfide) groups is 2. The van der Waals surface area contributed by atoms with Crippen molar-refractivity contribution in [3.05, 3.63) is 64.8 Å². The van der Waals surface area contributed by atoms with Crippen molar-refractivity contribution < 1.29 is 4.52 Å². The number of benzene rings is 2. The average molecular weight is 348 g/mol. The minimum absolute atomic E-state index is 0.213. The molecule has 0 radical (unpaired) electrons. The maximum Gasteiger partial charge on any atom is 0.167 e. The van der Waals surface area contributed by atoms with E-state index in [9.17, 15) is 0 Å². The summed E-state index contributed by atoms with van der Waals surface area (Å²) in [7, 11) is 0. The summed E-state index contributed by atoms with van der Waals surface area (Å²) in [6.45, 7) is 0. The Balaban J connectivity index is 1.92. The maximum atomic E-state index is 6.07. The van der Waals surface area contributed by atoms with Crippen LogP contribution in [0.2, 0.25) is 5.02 Å². The molecule has 0 unspecified atom stereocenters. The van der Waals surface area contributed by atoms with Gasteiger partial charge in [0.15, 0.2) is 5.58 Å². The Morgan fingerprint density at radius 3 is 2.50 bits per heavy atom. The van der Waals surface area contributed by atoms with Crippen LogP contribution >= 0.6 is 35.1 Å². The molecule has 5 heteroatoms. The molecule has 3 aromatic rings. The van der Waals surface area contributed by atoms with E-state index in [2.05, 4.69) is 23.4 Å². The van der Waals surface area contributed by atoms with Gasteiger partial charge in [-0.25, -0.2) is 0 Å². The van der Waals surface area contributed by atoms with Gasteiger partial charge >= 0.3 is 0 Å². The van der Waals surface area contributed by atoms with Gasteiger partial charge in [0.05, 0.1) is 0 Å². The minimum Gasteiger partial charge on any atom is -0.356 e. The molecule has 2 aromatic carbocycles. The zero-order valence-corrected chi connectivity index (χ0v) is 14.2. The maximum absolute atomic E-state index is 6.07. The van der Waals surface area contributed by atoms with Gasteiger partial charge in [-0.3, -0.25) is 0 Å². The van der Waals surface area contributed by atoms with Crippen LogP contribution < -0.4 is 0 Å². The van der Waals surface area contributed by atoms with Crippen LogP contribution in [0, 0.1) is 0 Å². The van der Waals surface area contributed by atoms with Gasteiger partial charge in [0.1, 0.15) is 9.77 Å². The van der Waals surface area contributed by atoms with Crippen molar-refractivity contribution >= 4 is 46.1 Å². The number of aromatic nitrogens is 1. The summed E-state index contributed by atoms with van der Waals surface area (Å²) < 4.78 is 5.36. The highest BCUT2D eigenvalue weighted by Crippen LogP contribution is 2.55. The predicted molar refractivity (Wildman–Crippen MR) is 95.8 cm³/mol. The highest BCUT2D eigenvalue weighted by Gasteiger charge is 2.41. The van der Waals surface area contributed by atoms with Crippen LogP contribution in [0.5, 0.6) is 0 Å². The second kappa shape index (κ2) is 5.84. The van der Waals surface area contributed by atoms with Crippen LogP contribution in [0.3, 0.4) is 0 Å². The van der Waals surface area contributed by atoms with Crippen molar-refractivity contribution in [3.63, 3.8) is 0 Å². The standard InChI is InChI=1S/C17H14ClNOS2/c18-13-8-6-12(7-9-13)17(21-10-3-11-22-17)16-14-4-1-2-5-15(14)20-19-16/h1-2,4-9H,3,10-11H2. The molecule has 4 rings (SSSR count). The first kappa shape index (κ1) is 14.5. The lowest BCUT2D eigenvalue weighted by Gasteiger charge is -2.35. The number of para-hydroxylation sites is 1. The molecular formula is C17H14ClNOS2. The first-order chi connectivity index (χ1) is 10.8. The summed E-state index contributed by atoms with van der Waals surface area (Å²) in [4.78, 5) is 0. The van der Waals surface area contributed by atoms with Crippen LogP contribution in [-0.2, 0) is 4.08 Å². The van der Waals surface area contributed by atoms with E-state index in [4.69, 9.17) is 16.1 Å². The number of fused-ring (bicyclic) bond motifs is 1. The first-order valence-corrected chi connectivity index (χ1v) is 9.53. The van der Waals surface area contributed by atoms with Gasteiger partial charge in [0, 0.05) is 10.4 Å². The van der Waals surface area contributed by atoms with Gasteiger partial charge in [0.2, 0.25) is 0 Å². The molecular weight excluding hydrogens is 334 g/mol. The largest absolute Gasteiger partial charge is 0.356 e. The first-order valence-electron chi connectivity index (χ1n) is 7.18. The third-order valence-corrected chi connectivity index (χ3v) is 7.43. The quantitative estimate of drug-likeness (QED) is 0.606. The number of halogens is 1. The Morgan fingerprint density at radius 2 is 1.73 bits per heavy atom. The van der Waals surface area contributed by atoms with Crippen LogP contribution in [0.4, 0.5) is 0 Å². The van der Waals surface area contributed by atoms with Crippen molar-refractivity contribution in [2.24, 2.45) is 0 Å². The summed E-state index contributed by atoms with van der Waals surface area (Å²) in [6, 6.07) is 16.2. The zero-order chi connectivity index (χ0) is 15.0. The molecule has 2 nitrogen and oxygen atoms in total. The van der Waals surface area contributed by atoms with Crippen LogP contribution in [0.1, 0.15) is 17.7 Å². The molecule has 22 heavy (non-hydrogen) atoms. The number of rotatable bonds is 2. The fourth-order valence-electron chi connectivity index (χ4n) is 2.77. The second-order valence-electron chi connectivity index (χ2n) is 5.20. The van der Waals surface area contributed by atoms with Crippen molar-refractivity contribution in [2.75, 3.05) is 11.5 Å². The molecule has 0 N–H and O–H groups in total. The van der Waals surface area contributed by atoms with Crippen LogP contribution in [0.15, 0.2) is 53.1 Å². The normalized spacial score (nSPS) is 17.7. The SMILES string of the molecule is Clc1ccc(C2(c3noc4ccccc34)SCCCS2)cc1. The van der Waals surface area contributed by atoms with Crippen molar-refractivity contribution in [1.29, 1.82) is 0 Å². The molecule has 0 saturated carbocycles. The average Bonchev–Trinajstić information content (AvgIpc) is 3.01. The van der Waals surface area contributed by atoms with Gasteiger partial charge in [0.25, 0.3) is 0 Å². The monoisotopic (exact) mass is 347 g/mol. The highest BCUT2D eigenvalue weighted by molar-refractivity contribution is 8.18. The van der Waals surface area contributed by atoms with E-state index in [-0.39, 0.29) is 4.08 Å². The molecule has 1 saturated heterocycles. The zero-order valence-electron chi connectivity index (χ0n) is 11.8. The van der Waals surface area contributed by atoms with Gasteiger partial charge in [-0.05, 0) is 47.8 Å². The summed E-state index contributed by atoms with van der Waals surface area (Å²) >= 11 is 9.95. The van der Waals surface area contributed by atoms with E-state index in [1.165, 1.54) is 12.0 Å². The van der Waals surface area contributed by atoms with Crippen LogP contribution in [-0.4, -0.2) is 16.7 Å². The smallest absolute Gasteiger partial charge is 0.167 e. The predicted octanol–water partition coefficient (Wildman–Crippen LogP) is 5.55. The van der Waals surface area contributed by atoms with Gasteiger partial charge in [-0.2, -0.15) is 0 Å². The molecule has 0 amide bonds. The number of hydrogen-bond acceptors (Lipinski definition) is 4. The summed E-state index contributed by atoms with van der Waals surface area (Å²) in [5.74, 6) is 2.24. The van der Waals surface area contributed by atoms with Crippen molar-refractivity contribution in [3.8, 4) is 0 Å². The molecule has 0 aliphatic carbocycles. The van der Waals surface area contributed by atoms with Crippen molar-refractivity contribution in [2.45, 2.75) is 10.5 Å². The Labute approximate surface area is 142 Å². The van der Waals surface area contributed by atoms with E-state index in [1.807, 2.05) is 53.9 Å². The summed E-state index contributed by atoms with van der Waals surface area (Å²) in [6.07, 6.45) is 1.22. The Kier molecular flexibility index (Phi) is 3.84. The lowest BCUT2D eigenvalue weighted by atomic mass is 10.1. The minimum atomic E-state index is -0.213. The molecule has 112 valence electrons. The number of nitrogens with zero attached hydrogens (tertiary/aromatic N) is 1. The lowest BCUT2D eigenvalue weighted by Crippen LogP contribution is -2.25. The topological polar surface area (TPSA) is 26.0 Å². The highest BCUT2D eigenvalue weighted by atomic mass is 35.5. The van der Waals surface area contributed by atoms with Gasteiger partial charge in [-0.1, -0.05) is 41.0 Å². The summed E-state index contributed by atoms with van der Waals surface area (Å²) in [5, 5.41) is 6.30. The van der Waals surface area contributed by atoms with E-state index in [0.29, 0.717) is 0 Å². The van der Waals surface area contributed by atoms with E-state index < -0.39 is 0 Å². The van der Waals surface area contributed by atoms with Gasteiger partial charge < -0.3 is 4.52 Å². The molecule has 0 bridgehead atoms. The Bertz CT molecular complexity index is 794. The molecule has 0 spiro atoms. The molecule has 1 aliphatic heterocycles. The Morgan fingerprint density at radius 1 is 1.00 bits per heavy atom.